The van der Waals surface area contributed by atoms with Gasteiger partial charge in [-0.2, -0.15) is 0 Å². The number of hydrogen-bond donors (Lipinski definition) is 1. The van der Waals surface area contributed by atoms with Crippen LogP contribution < -0.4 is 5.73 Å². The van der Waals surface area contributed by atoms with Gasteiger partial charge in [0.05, 0.1) is 17.6 Å². The summed E-state index contributed by atoms with van der Waals surface area (Å²) in [7, 11) is 0. The molecule has 0 saturated carbocycles. The molecule has 4 heteroatoms. The van der Waals surface area contributed by atoms with E-state index in [1.165, 1.54) is 0 Å². The number of hydrogen-bond acceptors (Lipinski definition) is 3. The minimum atomic E-state index is -0.0251. The highest BCUT2D eigenvalue weighted by atomic mass is 15.1. The molecule has 2 aromatic rings. The van der Waals surface area contributed by atoms with Crippen LogP contribution in [0.5, 0.6) is 0 Å². The Labute approximate surface area is 88.8 Å². The lowest BCUT2D eigenvalue weighted by Gasteiger charge is -2.07. The topological polar surface area (TPSA) is 56.7 Å². The van der Waals surface area contributed by atoms with Gasteiger partial charge in [0, 0.05) is 18.4 Å². The molecule has 1 atom stereocenters. The number of nitrogens with zero attached hydrogens (tertiary/aromatic N) is 3. The van der Waals surface area contributed by atoms with Crippen LogP contribution in [0.3, 0.4) is 0 Å². The van der Waals surface area contributed by atoms with Gasteiger partial charge in [-0.25, -0.2) is 4.98 Å². The van der Waals surface area contributed by atoms with Gasteiger partial charge in [0.2, 0.25) is 0 Å². The van der Waals surface area contributed by atoms with E-state index >= 15 is 0 Å². The molecule has 0 amide bonds. The standard InChI is InChI=1S/C11H14N4/c1-8(12)11-4-3-10(7-14-11)15-6-5-13-9(15)2/h3-8H,12H2,1-2H3. The second-order valence-corrected chi connectivity index (χ2v) is 3.57. The lowest BCUT2D eigenvalue weighted by Crippen LogP contribution is -2.07. The smallest absolute Gasteiger partial charge is 0.110 e. The molecule has 2 aromatic heterocycles. The quantitative estimate of drug-likeness (QED) is 0.804. The Morgan fingerprint density at radius 1 is 1.33 bits per heavy atom. The monoisotopic (exact) mass is 202 g/mol. The van der Waals surface area contributed by atoms with E-state index < -0.39 is 0 Å². The number of imidazole rings is 1. The van der Waals surface area contributed by atoms with Crippen LogP contribution in [0.2, 0.25) is 0 Å². The molecule has 0 aliphatic heterocycles. The van der Waals surface area contributed by atoms with Crippen LogP contribution in [0.4, 0.5) is 0 Å². The SMILES string of the molecule is Cc1nccn1-c1ccc(C(C)N)nc1. The van der Waals surface area contributed by atoms with Gasteiger partial charge < -0.3 is 10.3 Å². The Morgan fingerprint density at radius 3 is 2.60 bits per heavy atom. The van der Waals surface area contributed by atoms with Crippen molar-refractivity contribution in [3.05, 3.63) is 42.2 Å². The number of pyridine rings is 1. The maximum Gasteiger partial charge on any atom is 0.110 e. The maximum atomic E-state index is 5.73. The summed E-state index contributed by atoms with van der Waals surface area (Å²) in [5.74, 6) is 0.949. The van der Waals surface area contributed by atoms with Crippen molar-refractivity contribution in [3.63, 3.8) is 0 Å². The number of aromatic nitrogens is 3. The van der Waals surface area contributed by atoms with E-state index in [4.69, 9.17) is 5.73 Å². The van der Waals surface area contributed by atoms with Crippen molar-refractivity contribution in [3.8, 4) is 5.69 Å². The first-order valence-electron chi connectivity index (χ1n) is 4.90. The van der Waals surface area contributed by atoms with Gasteiger partial charge in [-0.15, -0.1) is 0 Å². The zero-order chi connectivity index (χ0) is 10.8. The Hall–Kier alpha value is -1.68. The maximum absolute atomic E-state index is 5.73. The molecule has 0 fully saturated rings. The second kappa shape index (κ2) is 3.82. The minimum absolute atomic E-state index is 0.0251. The van der Waals surface area contributed by atoms with Crippen molar-refractivity contribution in [2.75, 3.05) is 0 Å². The van der Waals surface area contributed by atoms with Gasteiger partial charge in [-0.1, -0.05) is 0 Å². The van der Waals surface area contributed by atoms with Crippen LogP contribution in [0.1, 0.15) is 24.5 Å². The highest BCUT2D eigenvalue weighted by Crippen LogP contribution is 2.12. The molecule has 4 nitrogen and oxygen atoms in total. The average molecular weight is 202 g/mol. The zero-order valence-corrected chi connectivity index (χ0v) is 8.88. The molecule has 0 aromatic carbocycles. The summed E-state index contributed by atoms with van der Waals surface area (Å²) in [4.78, 5) is 8.46. The number of rotatable bonds is 2. The Kier molecular flexibility index (Phi) is 2.51. The van der Waals surface area contributed by atoms with Crippen LogP contribution in [0.25, 0.3) is 5.69 Å². The van der Waals surface area contributed by atoms with Gasteiger partial charge in [-0.3, -0.25) is 4.98 Å². The van der Waals surface area contributed by atoms with Gasteiger partial charge >= 0.3 is 0 Å². The third-order valence-corrected chi connectivity index (χ3v) is 2.34. The molecule has 0 bridgehead atoms. The summed E-state index contributed by atoms with van der Waals surface area (Å²) >= 11 is 0. The minimum Gasteiger partial charge on any atom is -0.323 e. The first-order chi connectivity index (χ1) is 7.18. The average Bonchev–Trinajstić information content (AvgIpc) is 2.65. The van der Waals surface area contributed by atoms with Crippen LogP contribution in [-0.2, 0) is 0 Å². The lowest BCUT2D eigenvalue weighted by molar-refractivity contribution is 0.778. The normalized spacial score (nSPS) is 12.7. The van der Waals surface area contributed by atoms with E-state index in [9.17, 15) is 0 Å². The van der Waals surface area contributed by atoms with Gasteiger partial charge in [0.25, 0.3) is 0 Å². The molecule has 2 N–H and O–H groups in total. The Bertz CT molecular complexity index is 442. The van der Waals surface area contributed by atoms with E-state index in [1.54, 1.807) is 6.20 Å². The highest BCUT2D eigenvalue weighted by Gasteiger charge is 2.03. The van der Waals surface area contributed by atoms with Crippen molar-refractivity contribution in [1.82, 2.24) is 14.5 Å². The third kappa shape index (κ3) is 1.89. The Morgan fingerprint density at radius 2 is 2.13 bits per heavy atom. The first-order valence-corrected chi connectivity index (χ1v) is 4.90. The van der Waals surface area contributed by atoms with E-state index in [-0.39, 0.29) is 6.04 Å². The fourth-order valence-corrected chi connectivity index (χ4v) is 1.46. The van der Waals surface area contributed by atoms with Crippen molar-refractivity contribution >= 4 is 0 Å². The predicted molar refractivity (Wildman–Crippen MR) is 58.7 cm³/mol. The third-order valence-electron chi connectivity index (χ3n) is 2.34. The molecule has 0 spiro atoms. The molecule has 1 unspecified atom stereocenters. The summed E-state index contributed by atoms with van der Waals surface area (Å²) in [6, 6.07) is 3.92. The molecule has 0 saturated heterocycles. The van der Waals surface area contributed by atoms with Crippen molar-refractivity contribution in [1.29, 1.82) is 0 Å². The number of aryl methyl sites for hydroxylation is 1. The van der Waals surface area contributed by atoms with Crippen LogP contribution >= 0.6 is 0 Å². The van der Waals surface area contributed by atoms with Crippen molar-refractivity contribution in [2.45, 2.75) is 19.9 Å². The molecule has 2 heterocycles. The van der Waals surface area contributed by atoms with Crippen molar-refractivity contribution < 1.29 is 0 Å². The lowest BCUT2D eigenvalue weighted by atomic mass is 10.2. The largest absolute Gasteiger partial charge is 0.323 e. The molecular weight excluding hydrogens is 188 g/mol. The molecule has 78 valence electrons. The predicted octanol–water partition coefficient (Wildman–Crippen LogP) is 1.60. The molecule has 0 radical (unpaired) electrons. The van der Waals surface area contributed by atoms with E-state index in [2.05, 4.69) is 9.97 Å². The number of nitrogens with two attached hydrogens (primary N) is 1. The van der Waals surface area contributed by atoms with Gasteiger partial charge in [0.1, 0.15) is 5.82 Å². The molecule has 15 heavy (non-hydrogen) atoms. The van der Waals surface area contributed by atoms with E-state index in [0.29, 0.717) is 0 Å². The van der Waals surface area contributed by atoms with E-state index in [0.717, 1.165) is 17.2 Å². The van der Waals surface area contributed by atoms with Crippen LogP contribution in [0, 0.1) is 6.92 Å². The molecular formula is C11H14N4. The van der Waals surface area contributed by atoms with E-state index in [1.807, 2.05) is 42.9 Å². The van der Waals surface area contributed by atoms with Crippen LogP contribution in [0.15, 0.2) is 30.7 Å². The highest BCUT2D eigenvalue weighted by molar-refractivity contribution is 5.31. The summed E-state index contributed by atoms with van der Waals surface area (Å²) in [6.45, 7) is 3.88. The van der Waals surface area contributed by atoms with Crippen molar-refractivity contribution in [2.24, 2.45) is 5.73 Å². The van der Waals surface area contributed by atoms with Gasteiger partial charge in [-0.05, 0) is 26.0 Å². The summed E-state index contributed by atoms with van der Waals surface area (Å²) in [5, 5.41) is 0. The van der Waals surface area contributed by atoms with Gasteiger partial charge in [0.15, 0.2) is 0 Å². The van der Waals surface area contributed by atoms with Crippen LogP contribution in [-0.4, -0.2) is 14.5 Å². The molecule has 0 aliphatic rings. The fourth-order valence-electron chi connectivity index (χ4n) is 1.46. The summed E-state index contributed by atoms with van der Waals surface area (Å²) in [5.41, 5.74) is 7.64. The molecule has 0 aliphatic carbocycles. The fraction of sp³-hybridized carbons (Fsp3) is 0.273. The molecule has 2 rings (SSSR count). The summed E-state index contributed by atoms with van der Waals surface area (Å²) < 4.78 is 1.98. The first kappa shape index (κ1) is 9.86. The summed E-state index contributed by atoms with van der Waals surface area (Å²) in [6.07, 6.45) is 5.50. The second-order valence-electron chi connectivity index (χ2n) is 3.57. The Balaban J connectivity index is 2.36. The zero-order valence-electron chi connectivity index (χ0n) is 8.88.